The zero-order valence-electron chi connectivity index (χ0n) is 11.7. The van der Waals surface area contributed by atoms with Gasteiger partial charge >= 0.3 is 0 Å². The molecule has 0 bridgehead atoms. The maximum atomic E-state index is 9.44. The molecule has 0 radical (unpaired) electrons. The minimum Gasteiger partial charge on any atom is -0.387 e. The second kappa shape index (κ2) is 5.85. The first-order valence-corrected chi connectivity index (χ1v) is 6.47. The van der Waals surface area contributed by atoms with Crippen LogP contribution in [0.3, 0.4) is 0 Å². The predicted octanol–water partition coefficient (Wildman–Crippen LogP) is 3.08. The number of aryl methyl sites for hydroxylation is 1. The van der Waals surface area contributed by atoms with Crippen LogP contribution in [0, 0.1) is 6.92 Å². The first-order chi connectivity index (χ1) is 9.06. The summed E-state index contributed by atoms with van der Waals surface area (Å²) in [7, 11) is 2.04. The van der Waals surface area contributed by atoms with Crippen LogP contribution in [0.15, 0.2) is 42.6 Å². The van der Waals surface area contributed by atoms with Gasteiger partial charge in [0.05, 0.1) is 23.7 Å². The molecule has 100 valence electrons. The van der Waals surface area contributed by atoms with E-state index >= 15 is 0 Å². The Balaban J connectivity index is 2.09. The van der Waals surface area contributed by atoms with Gasteiger partial charge in [-0.3, -0.25) is 4.98 Å². The van der Waals surface area contributed by atoms with Crippen LogP contribution >= 0.6 is 0 Å². The molecule has 1 aromatic heterocycles. The molecule has 0 saturated carbocycles. The first kappa shape index (κ1) is 13.6. The number of aliphatic hydroxyl groups is 1. The second-order valence-electron chi connectivity index (χ2n) is 4.96. The summed E-state index contributed by atoms with van der Waals surface area (Å²) in [5.41, 5.74) is 4.30. The average Bonchev–Trinajstić information content (AvgIpc) is 2.39. The Bertz CT molecular complexity index is 535. The van der Waals surface area contributed by atoms with Crippen LogP contribution < -0.4 is 4.90 Å². The molecule has 2 rings (SSSR count). The third-order valence-electron chi connectivity index (χ3n) is 3.14. The van der Waals surface area contributed by atoms with Crippen LogP contribution in [-0.2, 0) is 6.54 Å². The topological polar surface area (TPSA) is 36.4 Å². The van der Waals surface area contributed by atoms with E-state index < -0.39 is 6.10 Å². The first-order valence-electron chi connectivity index (χ1n) is 6.47. The van der Waals surface area contributed by atoms with Gasteiger partial charge in [-0.2, -0.15) is 0 Å². The maximum absolute atomic E-state index is 9.44. The number of benzene rings is 1. The summed E-state index contributed by atoms with van der Waals surface area (Å²) in [6.07, 6.45) is 1.29. The molecular formula is C16H20N2O. The molecule has 0 unspecified atom stereocenters. The van der Waals surface area contributed by atoms with Crippen molar-refractivity contribution < 1.29 is 5.11 Å². The SMILES string of the molecule is Cc1cccc(CN(C)c2ccc([C@@H](C)O)nc2)c1. The quantitative estimate of drug-likeness (QED) is 0.913. The predicted molar refractivity (Wildman–Crippen MR) is 78.2 cm³/mol. The fraction of sp³-hybridized carbons (Fsp3) is 0.312. The lowest BCUT2D eigenvalue weighted by molar-refractivity contribution is 0.194. The molecule has 0 fully saturated rings. The molecule has 0 aliphatic heterocycles. The molecule has 2 aromatic rings. The standard InChI is InChI=1S/C16H20N2O/c1-12-5-4-6-14(9-12)11-18(3)15-7-8-16(13(2)19)17-10-15/h4-10,13,19H,11H2,1-3H3/t13-/m1/s1. The number of pyridine rings is 1. The van der Waals surface area contributed by atoms with Gasteiger partial charge in [-0.15, -0.1) is 0 Å². The number of rotatable bonds is 4. The Hall–Kier alpha value is -1.87. The van der Waals surface area contributed by atoms with E-state index in [1.54, 1.807) is 13.1 Å². The Kier molecular flexibility index (Phi) is 4.17. The molecule has 1 heterocycles. The molecule has 0 aliphatic rings. The highest BCUT2D eigenvalue weighted by atomic mass is 16.3. The summed E-state index contributed by atoms with van der Waals surface area (Å²) in [5, 5.41) is 9.44. The van der Waals surface area contributed by atoms with Crippen LogP contribution in [-0.4, -0.2) is 17.1 Å². The van der Waals surface area contributed by atoms with Gasteiger partial charge in [0.25, 0.3) is 0 Å². The van der Waals surface area contributed by atoms with Gasteiger partial charge in [0.15, 0.2) is 0 Å². The molecule has 0 aliphatic carbocycles. The van der Waals surface area contributed by atoms with Gasteiger partial charge in [0, 0.05) is 13.6 Å². The Morgan fingerprint density at radius 1 is 1.26 bits per heavy atom. The number of nitrogens with zero attached hydrogens (tertiary/aromatic N) is 2. The third kappa shape index (κ3) is 3.55. The summed E-state index contributed by atoms with van der Waals surface area (Å²) in [5.74, 6) is 0. The van der Waals surface area contributed by atoms with Crippen molar-refractivity contribution in [3.63, 3.8) is 0 Å². The average molecular weight is 256 g/mol. The van der Waals surface area contributed by atoms with Crippen molar-refractivity contribution in [2.24, 2.45) is 0 Å². The number of anilines is 1. The normalized spacial score (nSPS) is 12.2. The number of aliphatic hydroxyl groups excluding tert-OH is 1. The van der Waals surface area contributed by atoms with Gasteiger partial charge < -0.3 is 10.0 Å². The van der Waals surface area contributed by atoms with Crippen molar-refractivity contribution >= 4 is 5.69 Å². The Morgan fingerprint density at radius 2 is 2.05 bits per heavy atom. The summed E-state index contributed by atoms with van der Waals surface area (Å²) >= 11 is 0. The van der Waals surface area contributed by atoms with Crippen molar-refractivity contribution in [1.29, 1.82) is 0 Å². The van der Waals surface area contributed by atoms with Gasteiger partial charge in [-0.25, -0.2) is 0 Å². The minimum absolute atomic E-state index is 0.517. The van der Waals surface area contributed by atoms with E-state index in [2.05, 4.69) is 41.1 Å². The fourth-order valence-corrected chi connectivity index (χ4v) is 2.05. The smallest absolute Gasteiger partial charge is 0.0931 e. The van der Waals surface area contributed by atoms with Crippen molar-refractivity contribution in [2.75, 3.05) is 11.9 Å². The molecule has 1 aromatic carbocycles. The van der Waals surface area contributed by atoms with Crippen molar-refractivity contribution in [1.82, 2.24) is 4.98 Å². The zero-order chi connectivity index (χ0) is 13.8. The number of hydrogen-bond acceptors (Lipinski definition) is 3. The molecular weight excluding hydrogens is 236 g/mol. The number of aromatic nitrogens is 1. The molecule has 3 heteroatoms. The largest absolute Gasteiger partial charge is 0.387 e. The van der Waals surface area contributed by atoms with E-state index in [0.29, 0.717) is 5.69 Å². The van der Waals surface area contributed by atoms with Gasteiger partial charge in [-0.05, 0) is 31.5 Å². The highest BCUT2D eigenvalue weighted by molar-refractivity contribution is 5.44. The van der Waals surface area contributed by atoms with E-state index in [1.807, 2.05) is 19.2 Å². The number of hydrogen-bond donors (Lipinski definition) is 1. The molecule has 0 amide bonds. The lowest BCUT2D eigenvalue weighted by atomic mass is 10.1. The second-order valence-corrected chi connectivity index (χ2v) is 4.96. The van der Waals surface area contributed by atoms with Crippen molar-refractivity contribution in [3.05, 3.63) is 59.4 Å². The summed E-state index contributed by atoms with van der Waals surface area (Å²) in [6.45, 7) is 4.67. The van der Waals surface area contributed by atoms with E-state index in [-0.39, 0.29) is 0 Å². The van der Waals surface area contributed by atoms with E-state index in [1.165, 1.54) is 11.1 Å². The van der Waals surface area contributed by atoms with E-state index in [9.17, 15) is 5.11 Å². The van der Waals surface area contributed by atoms with Gasteiger partial charge in [0.1, 0.15) is 0 Å². The minimum atomic E-state index is -0.517. The molecule has 0 spiro atoms. The van der Waals surface area contributed by atoms with Crippen LogP contribution in [0.5, 0.6) is 0 Å². The highest BCUT2D eigenvalue weighted by Crippen LogP contribution is 2.17. The van der Waals surface area contributed by atoms with Gasteiger partial charge in [-0.1, -0.05) is 29.8 Å². The van der Waals surface area contributed by atoms with Crippen LogP contribution in [0.1, 0.15) is 29.8 Å². The maximum Gasteiger partial charge on any atom is 0.0931 e. The fourth-order valence-electron chi connectivity index (χ4n) is 2.05. The monoisotopic (exact) mass is 256 g/mol. The zero-order valence-corrected chi connectivity index (χ0v) is 11.7. The van der Waals surface area contributed by atoms with Gasteiger partial charge in [0.2, 0.25) is 0 Å². The molecule has 1 atom stereocenters. The summed E-state index contributed by atoms with van der Waals surface area (Å²) in [4.78, 5) is 6.41. The summed E-state index contributed by atoms with van der Waals surface area (Å²) in [6, 6.07) is 12.3. The molecule has 0 saturated heterocycles. The van der Waals surface area contributed by atoms with E-state index in [0.717, 1.165) is 12.2 Å². The Morgan fingerprint density at radius 3 is 2.63 bits per heavy atom. The lowest BCUT2D eigenvalue weighted by Crippen LogP contribution is -2.16. The lowest BCUT2D eigenvalue weighted by Gasteiger charge is -2.19. The molecule has 19 heavy (non-hydrogen) atoms. The van der Waals surface area contributed by atoms with Crippen molar-refractivity contribution in [3.8, 4) is 0 Å². The summed E-state index contributed by atoms with van der Waals surface area (Å²) < 4.78 is 0. The van der Waals surface area contributed by atoms with Crippen LogP contribution in [0.25, 0.3) is 0 Å². The molecule has 3 nitrogen and oxygen atoms in total. The van der Waals surface area contributed by atoms with E-state index in [4.69, 9.17) is 0 Å². The molecule has 1 N–H and O–H groups in total. The van der Waals surface area contributed by atoms with Crippen LogP contribution in [0.2, 0.25) is 0 Å². The highest BCUT2D eigenvalue weighted by Gasteiger charge is 2.05. The third-order valence-corrected chi connectivity index (χ3v) is 3.14. The Labute approximate surface area is 114 Å². The van der Waals surface area contributed by atoms with Crippen LogP contribution in [0.4, 0.5) is 5.69 Å². The van der Waals surface area contributed by atoms with Crippen molar-refractivity contribution in [2.45, 2.75) is 26.5 Å².